The first-order chi connectivity index (χ1) is 17.9. The lowest BCUT2D eigenvalue weighted by Crippen LogP contribution is -2.18. The van der Waals surface area contributed by atoms with Gasteiger partial charge in [-0.15, -0.1) is 0 Å². The maximum Gasteiger partial charge on any atom is 0.214 e. The van der Waals surface area contributed by atoms with Crippen LogP contribution in [0.1, 0.15) is 22.3 Å². The summed E-state index contributed by atoms with van der Waals surface area (Å²) in [7, 11) is 10.5. The summed E-state index contributed by atoms with van der Waals surface area (Å²) in [4.78, 5) is 4.28. The van der Waals surface area contributed by atoms with Gasteiger partial charge in [0, 0.05) is 63.3 Å². The Morgan fingerprint density at radius 1 is 0.568 bits per heavy atom. The minimum absolute atomic E-state index is 1.16. The second-order valence-electron chi connectivity index (χ2n) is 9.83. The SMILES string of the molecule is CN(C)c1ccc(C(=C2C(=[N+](C)c3ccccc3)C=Cc3ccccc32)c2ccc(N(C)C)cc2)cc1. The number of rotatable bonds is 5. The third-order valence-electron chi connectivity index (χ3n) is 7.01. The second-order valence-corrected chi connectivity index (χ2v) is 9.83. The first kappa shape index (κ1) is 24.3. The van der Waals surface area contributed by atoms with E-state index in [1.807, 2.05) is 0 Å². The molecule has 1 aliphatic carbocycles. The van der Waals surface area contributed by atoms with Gasteiger partial charge in [-0.2, -0.15) is 4.58 Å². The van der Waals surface area contributed by atoms with Crippen LogP contribution in [0.4, 0.5) is 17.1 Å². The summed E-state index contributed by atoms with van der Waals surface area (Å²) >= 11 is 0. The lowest BCUT2D eigenvalue weighted by molar-refractivity contribution is -0.402. The van der Waals surface area contributed by atoms with Crippen molar-refractivity contribution in [3.63, 3.8) is 0 Å². The van der Waals surface area contributed by atoms with E-state index in [2.05, 4.69) is 165 Å². The molecule has 5 rings (SSSR count). The highest BCUT2D eigenvalue weighted by molar-refractivity contribution is 6.37. The van der Waals surface area contributed by atoms with Gasteiger partial charge >= 0.3 is 0 Å². The van der Waals surface area contributed by atoms with Gasteiger partial charge in [0.1, 0.15) is 7.05 Å². The molecule has 0 atom stereocenters. The second kappa shape index (κ2) is 10.3. The first-order valence-electron chi connectivity index (χ1n) is 12.7. The minimum Gasteiger partial charge on any atom is -0.378 e. The average molecular weight is 485 g/mol. The Morgan fingerprint density at radius 2 is 1.08 bits per heavy atom. The molecule has 0 bridgehead atoms. The van der Waals surface area contributed by atoms with Gasteiger partial charge in [-0.3, -0.25) is 0 Å². The topological polar surface area (TPSA) is 9.49 Å². The Balaban J connectivity index is 1.85. The lowest BCUT2D eigenvalue weighted by Gasteiger charge is -2.22. The van der Waals surface area contributed by atoms with E-state index in [1.165, 1.54) is 50.5 Å². The van der Waals surface area contributed by atoms with Crippen molar-refractivity contribution >= 4 is 40.0 Å². The number of allylic oxidation sites excluding steroid dienone is 2. The Labute approximate surface area is 220 Å². The van der Waals surface area contributed by atoms with Crippen molar-refractivity contribution in [3.8, 4) is 0 Å². The predicted octanol–water partition coefficient (Wildman–Crippen LogP) is 7.22. The number of anilines is 2. The fraction of sp³-hybridized carbons (Fsp3) is 0.147. The summed E-state index contributed by atoms with van der Waals surface area (Å²) in [5, 5.41) is 0. The Hall–Kier alpha value is -4.37. The highest BCUT2D eigenvalue weighted by Crippen LogP contribution is 2.39. The number of hydrogen-bond donors (Lipinski definition) is 0. The van der Waals surface area contributed by atoms with Gasteiger partial charge < -0.3 is 9.80 Å². The maximum atomic E-state index is 2.30. The summed E-state index contributed by atoms with van der Waals surface area (Å²) in [5.74, 6) is 0. The van der Waals surface area contributed by atoms with Crippen LogP contribution < -0.4 is 9.80 Å². The highest BCUT2D eigenvalue weighted by atomic mass is 15.1. The van der Waals surface area contributed by atoms with Crippen LogP contribution in [0.25, 0.3) is 17.2 Å². The van der Waals surface area contributed by atoms with Crippen molar-refractivity contribution in [2.24, 2.45) is 0 Å². The van der Waals surface area contributed by atoms with Crippen molar-refractivity contribution < 1.29 is 4.58 Å². The molecule has 4 aromatic carbocycles. The van der Waals surface area contributed by atoms with Crippen molar-refractivity contribution in [3.05, 3.63) is 131 Å². The van der Waals surface area contributed by atoms with Crippen molar-refractivity contribution in [2.45, 2.75) is 0 Å². The summed E-state index contributed by atoms with van der Waals surface area (Å²) in [6, 6.07) is 37.1. The largest absolute Gasteiger partial charge is 0.378 e. The smallest absolute Gasteiger partial charge is 0.214 e. The third kappa shape index (κ3) is 4.85. The Bertz CT molecular complexity index is 1430. The number of hydrogen-bond acceptors (Lipinski definition) is 2. The van der Waals surface area contributed by atoms with Gasteiger partial charge in [0.15, 0.2) is 0 Å². The monoisotopic (exact) mass is 484 g/mol. The quantitative estimate of drug-likeness (QED) is 0.277. The molecular weight excluding hydrogens is 450 g/mol. The molecular formula is C34H34N3+. The molecule has 0 N–H and O–H groups in total. The zero-order valence-electron chi connectivity index (χ0n) is 22.3. The van der Waals surface area contributed by atoms with Crippen molar-refractivity contribution in [1.29, 1.82) is 0 Å². The number of benzene rings is 4. The molecule has 0 saturated carbocycles. The highest BCUT2D eigenvalue weighted by Gasteiger charge is 2.28. The predicted molar refractivity (Wildman–Crippen MR) is 160 cm³/mol. The maximum absolute atomic E-state index is 2.30. The molecule has 4 aromatic rings. The summed E-state index contributed by atoms with van der Waals surface area (Å²) in [6.45, 7) is 0. The van der Waals surface area contributed by atoms with Crippen LogP contribution >= 0.6 is 0 Å². The lowest BCUT2D eigenvalue weighted by atomic mass is 9.82. The molecule has 0 unspecified atom stereocenters. The molecule has 1 aliphatic rings. The first-order valence-corrected chi connectivity index (χ1v) is 12.7. The third-order valence-corrected chi connectivity index (χ3v) is 7.01. The Morgan fingerprint density at radius 3 is 1.62 bits per heavy atom. The van der Waals surface area contributed by atoms with Crippen LogP contribution in [0, 0.1) is 0 Å². The molecule has 0 aliphatic heterocycles. The fourth-order valence-corrected chi connectivity index (χ4v) is 4.90. The molecule has 0 heterocycles. The normalized spacial score (nSPS) is 13.7. The van der Waals surface area contributed by atoms with Crippen LogP contribution in [0.3, 0.4) is 0 Å². The van der Waals surface area contributed by atoms with E-state index in [0.29, 0.717) is 0 Å². The van der Waals surface area contributed by atoms with Crippen molar-refractivity contribution in [1.82, 2.24) is 0 Å². The summed E-state index contributed by atoms with van der Waals surface area (Å²) in [5.41, 5.74) is 12.0. The van der Waals surface area contributed by atoms with Gasteiger partial charge in [-0.1, -0.05) is 66.7 Å². The molecule has 184 valence electrons. The van der Waals surface area contributed by atoms with Crippen LogP contribution in [0.15, 0.2) is 109 Å². The van der Waals surface area contributed by atoms with Gasteiger partial charge in [-0.25, -0.2) is 0 Å². The molecule has 3 nitrogen and oxygen atoms in total. The van der Waals surface area contributed by atoms with Gasteiger partial charge in [-0.05, 0) is 52.6 Å². The van der Waals surface area contributed by atoms with E-state index >= 15 is 0 Å². The molecule has 0 radical (unpaired) electrons. The Kier molecular flexibility index (Phi) is 6.78. The molecule has 0 aromatic heterocycles. The zero-order valence-corrected chi connectivity index (χ0v) is 22.3. The van der Waals surface area contributed by atoms with Gasteiger partial charge in [0.25, 0.3) is 0 Å². The van der Waals surface area contributed by atoms with E-state index in [4.69, 9.17) is 0 Å². The summed E-state index contributed by atoms with van der Waals surface area (Å²) in [6.07, 6.45) is 4.49. The van der Waals surface area contributed by atoms with E-state index in [0.717, 1.165) is 5.69 Å². The average Bonchev–Trinajstić information content (AvgIpc) is 2.94. The molecule has 0 saturated heterocycles. The number of para-hydroxylation sites is 1. The van der Waals surface area contributed by atoms with E-state index in [1.54, 1.807) is 0 Å². The van der Waals surface area contributed by atoms with E-state index in [-0.39, 0.29) is 0 Å². The van der Waals surface area contributed by atoms with Crippen LogP contribution in [0.5, 0.6) is 0 Å². The molecule has 3 heteroatoms. The standard InChI is InChI=1S/C34H34N3/c1-35(2)28-20-15-26(16-21-28)33(27-17-22-29(23-18-27)36(3)4)34-31-14-10-9-11-25(31)19-24-32(34)37(5)30-12-7-6-8-13-30/h6-24H,1-5H3/q+1. The van der Waals surface area contributed by atoms with Crippen LogP contribution in [0.2, 0.25) is 0 Å². The van der Waals surface area contributed by atoms with E-state index in [9.17, 15) is 0 Å². The van der Waals surface area contributed by atoms with Gasteiger partial charge in [0.2, 0.25) is 11.4 Å². The fourth-order valence-electron chi connectivity index (χ4n) is 4.90. The molecule has 0 fully saturated rings. The van der Waals surface area contributed by atoms with Crippen molar-refractivity contribution in [2.75, 3.05) is 45.0 Å². The van der Waals surface area contributed by atoms with E-state index < -0.39 is 0 Å². The summed E-state index contributed by atoms with van der Waals surface area (Å²) < 4.78 is 2.30. The number of nitrogens with zero attached hydrogens (tertiary/aromatic N) is 3. The minimum atomic E-state index is 1.16. The van der Waals surface area contributed by atoms with Crippen LogP contribution in [-0.2, 0) is 0 Å². The zero-order chi connectivity index (χ0) is 25.9. The molecule has 0 spiro atoms. The number of fused-ring (bicyclic) bond motifs is 1. The van der Waals surface area contributed by atoms with Crippen LogP contribution in [-0.4, -0.2) is 45.5 Å². The molecule has 37 heavy (non-hydrogen) atoms. The molecule has 0 amide bonds. The van der Waals surface area contributed by atoms with Gasteiger partial charge in [0.05, 0.1) is 5.57 Å².